The minimum atomic E-state index is 0.592. The average Bonchev–Trinajstić information content (AvgIpc) is 2.75. The van der Waals surface area contributed by atoms with Crippen LogP contribution in [0, 0.1) is 6.92 Å². The molecule has 0 aliphatic carbocycles. The molecule has 84 valence electrons. The first-order valence-electron chi connectivity index (χ1n) is 5.34. The molecule has 0 atom stereocenters. The third-order valence-corrected chi connectivity index (χ3v) is 2.33. The Bertz CT molecular complexity index is 465. The van der Waals surface area contributed by atoms with Gasteiger partial charge in [0, 0.05) is 18.5 Å². The molecule has 1 aromatic heterocycles. The normalized spacial score (nSPS) is 10.6. The lowest BCUT2D eigenvalue weighted by Gasteiger charge is -1.95. The van der Waals surface area contributed by atoms with Crippen molar-refractivity contribution >= 4 is 0 Å². The molecule has 2 aromatic rings. The summed E-state index contributed by atoms with van der Waals surface area (Å²) in [5.74, 6) is 1.33. The Labute approximate surface area is 94.7 Å². The zero-order chi connectivity index (χ0) is 11.4. The van der Waals surface area contributed by atoms with Crippen molar-refractivity contribution in [1.29, 1.82) is 0 Å². The molecule has 0 amide bonds. The van der Waals surface area contributed by atoms with Crippen LogP contribution < -0.4 is 5.32 Å². The minimum Gasteiger partial charge on any atom is -0.334 e. The van der Waals surface area contributed by atoms with Crippen LogP contribution in [0.3, 0.4) is 0 Å². The van der Waals surface area contributed by atoms with Crippen molar-refractivity contribution in [3.8, 4) is 11.5 Å². The van der Waals surface area contributed by atoms with E-state index in [1.165, 1.54) is 5.56 Å². The second-order valence-corrected chi connectivity index (χ2v) is 3.74. The quantitative estimate of drug-likeness (QED) is 0.848. The Hall–Kier alpha value is -1.68. The Morgan fingerprint density at radius 1 is 1.38 bits per heavy atom. The highest BCUT2D eigenvalue weighted by Crippen LogP contribution is 2.17. The van der Waals surface area contributed by atoms with Crippen LogP contribution in [0.25, 0.3) is 11.5 Å². The van der Waals surface area contributed by atoms with E-state index < -0.39 is 0 Å². The molecule has 0 spiro atoms. The first-order valence-corrected chi connectivity index (χ1v) is 5.34. The predicted octanol–water partition coefficient (Wildman–Crippen LogP) is 1.81. The van der Waals surface area contributed by atoms with Crippen molar-refractivity contribution in [2.24, 2.45) is 0 Å². The van der Waals surface area contributed by atoms with Crippen molar-refractivity contribution in [2.75, 3.05) is 13.6 Å². The van der Waals surface area contributed by atoms with Gasteiger partial charge in [-0.05, 0) is 26.1 Å². The van der Waals surface area contributed by atoms with Crippen molar-refractivity contribution in [1.82, 2.24) is 15.5 Å². The van der Waals surface area contributed by atoms with Crippen molar-refractivity contribution in [3.05, 3.63) is 35.7 Å². The molecule has 0 saturated carbocycles. The van der Waals surface area contributed by atoms with E-state index in [-0.39, 0.29) is 0 Å². The summed E-state index contributed by atoms with van der Waals surface area (Å²) < 4.78 is 5.21. The maximum Gasteiger partial charge on any atom is 0.257 e. The number of nitrogens with zero attached hydrogens (tertiary/aromatic N) is 2. The molecule has 1 aromatic carbocycles. The van der Waals surface area contributed by atoms with Crippen LogP contribution >= 0.6 is 0 Å². The molecule has 1 N–H and O–H groups in total. The summed E-state index contributed by atoms with van der Waals surface area (Å²) in [4.78, 5) is 4.34. The average molecular weight is 217 g/mol. The lowest BCUT2D eigenvalue weighted by atomic mass is 10.1. The van der Waals surface area contributed by atoms with Gasteiger partial charge in [0.25, 0.3) is 5.89 Å². The zero-order valence-corrected chi connectivity index (χ0v) is 9.53. The summed E-state index contributed by atoms with van der Waals surface area (Å²) in [5, 5.41) is 6.99. The summed E-state index contributed by atoms with van der Waals surface area (Å²) in [5.41, 5.74) is 2.16. The smallest absolute Gasteiger partial charge is 0.257 e. The molecule has 2 rings (SSSR count). The largest absolute Gasteiger partial charge is 0.334 e. The highest BCUT2D eigenvalue weighted by atomic mass is 16.5. The molecule has 0 unspecified atom stereocenters. The van der Waals surface area contributed by atoms with Crippen LogP contribution in [-0.4, -0.2) is 23.7 Å². The van der Waals surface area contributed by atoms with Gasteiger partial charge in [-0.15, -0.1) is 0 Å². The van der Waals surface area contributed by atoms with Gasteiger partial charge in [-0.3, -0.25) is 0 Å². The number of rotatable bonds is 4. The maximum atomic E-state index is 5.21. The number of nitrogens with one attached hydrogen (secondary N) is 1. The second-order valence-electron chi connectivity index (χ2n) is 3.74. The first kappa shape index (κ1) is 10.8. The number of aryl methyl sites for hydroxylation is 1. The lowest BCUT2D eigenvalue weighted by molar-refractivity contribution is 0.422. The van der Waals surface area contributed by atoms with Crippen LogP contribution in [-0.2, 0) is 6.42 Å². The third kappa shape index (κ3) is 2.46. The Balaban J connectivity index is 2.18. The maximum absolute atomic E-state index is 5.21. The fourth-order valence-corrected chi connectivity index (χ4v) is 1.49. The molecular weight excluding hydrogens is 202 g/mol. The number of aromatic nitrogens is 2. The van der Waals surface area contributed by atoms with E-state index in [0.717, 1.165) is 24.4 Å². The van der Waals surface area contributed by atoms with E-state index in [1.807, 2.05) is 38.2 Å². The fraction of sp³-hybridized carbons (Fsp3) is 0.333. The summed E-state index contributed by atoms with van der Waals surface area (Å²) in [6.07, 6.45) is 0.784. The van der Waals surface area contributed by atoms with E-state index in [1.54, 1.807) is 0 Å². The molecule has 0 saturated heterocycles. The second kappa shape index (κ2) is 4.90. The highest BCUT2D eigenvalue weighted by molar-refractivity contribution is 5.53. The number of likely N-dealkylation sites (N-methyl/N-ethyl adjacent to an activating group) is 1. The molecule has 0 fully saturated rings. The predicted molar refractivity (Wildman–Crippen MR) is 62.1 cm³/mol. The standard InChI is InChI=1S/C12H15N3O/c1-9-4-3-5-10(8-9)12-14-11(15-16-12)6-7-13-2/h3-5,8,13H,6-7H2,1-2H3. The first-order chi connectivity index (χ1) is 7.79. The van der Waals surface area contributed by atoms with Gasteiger partial charge in [0.15, 0.2) is 5.82 Å². The molecule has 0 radical (unpaired) electrons. The molecule has 0 aliphatic rings. The fourth-order valence-electron chi connectivity index (χ4n) is 1.49. The number of hydrogen-bond donors (Lipinski definition) is 1. The monoisotopic (exact) mass is 217 g/mol. The van der Waals surface area contributed by atoms with Gasteiger partial charge in [-0.1, -0.05) is 22.9 Å². The van der Waals surface area contributed by atoms with Gasteiger partial charge < -0.3 is 9.84 Å². The molecule has 0 bridgehead atoms. The lowest BCUT2D eigenvalue weighted by Crippen LogP contribution is -2.10. The zero-order valence-electron chi connectivity index (χ0n) is 9.53. The van der Waals surface area contributed by atoms with Gasteiger partial charge >= 0.3 is 0 Å². The van der Waals surface area contributed by atoms with E-state index in [9.17, 15) is 0 Å². The van der Waals surface area contributed by atoms with Crippen molar-refractivity contribution in [3.63, 3.8) is 0 Å². The van der Waals surface area contributed by atoms with E-state index in [4.69, 9.17) is 4.52 Å². The summed E-state index contributed by atoms with van der Waals surface area (Å²) in [7, 11) is 1.90. The van der Waals surface area contributed by atoms with Gasteiger partial charge in [-0.25, -0.2) is 0 Å². The van der Waals surface area contributed by atoms with Crippen LogP contribution in [0.1, 0.15) is 11.4 Å². The van der Waals surface area contributed by atoms with Crippen LogP contribution in [0.4, 0.5) is 0 Å². The molecule has 16 heavy (non-hydrogen) atoms. The van der Waals surface area contributed by atoms with Gasteiger partial charge in [0.1, 0.15) is 0 Å². The van der Waals surface area contributed by atoms with E-state index in [0.29, 0.717) is 5.89 Å². The number of benzene rings is 1. The van der Waals surface area contributed by atoms with Gasteiger partial charge in [0.05, 0.1) is 0 Å². The van der Waals surface area contributed by atoms with Crippen LogP contribution in [0.5, 0.6) is 0 Å². The SMILES string of the molecule is CNCCc1noc(-c2cccc(C)c2)n1. The van der Waals surface area contributed by atoms with Crippen LogP contribution in [0.15, 0.2) is 28.8 Å². The number of hydrogen-bond acceptors (Lipinski definition) is 4. The van der Waals surface area contributed by atoms with E-state index in [2.05, 4.69) is 15.5 Å². The van der Waals surface area contributed by atoms with Crippen molar-refractivity contribution in [2.45, 2.75) is 13.3 Å². The molecule has 0 aliphatic heterocycles. The molecular formula is C12H15N3O. The van der Waals surface area contributed by atoms with E-state index >= 15 is 0 Å². The Morgan fingerprint density at radius 3 is 3.00 bits per heavy atom. The topological polar surface area (TPSA) is 51.0 Å². The van der Waals surface area contributed by atoms with Crippen molar-refractivity contribution < 1.29 is 4.52 Å². The summed E-state index contributed by atoms with van der Waals surface area (Å²) >= 11 is 0. The van der Waals surface area contributed by atoms with Crippen LogP contribution in [0.2, 0.25) is 0 Å². The minimum absolute atomic E-state index is 0.592. The molecule has 4 heteroatoms. The Kier molecular flexibility index (Phi) is 3.31. The summed E-state index contributed by atoms with van der Waals surface area (Å²) in [6.45, 7) is 2.90. The summed E-state index contributed by atoms with van der Waals surface area (Å²) in [6, 6.07) is 8.04. The van der Waals surface area contributed by atoms with Gasteiger partial charge in [-0.2, -0.15) is 4.98 Å². The van der Waals surface area contributed by atoms with Gasteiger partial charge in [0.2, 0.25) is 0 Å². The molecule has 4 nitrogen and oxygen atoms in total. The highest BCUT2D eigenvalue weighted by Gasteiger charge is 2.07. The molecule has 1 heterocycles. The third-order valence-electron chi connectivity index (χ3n) is 2.33. The Morgan fingerprint density at radius 2 is 2.25 bits per heavy atom.